The molecule has 2 heterocycles. The lowest BCUT2D eigenvalue weighted by Crippen LogP contribution is -2.09. The van der Waals surface area contributed by atoms with E-state index in [2.05, 4.69) is 0 Å². The van der Waals surface area contributed by atoms with Crippen molar-refractivity contribution in [1.82, 2.24) is 0 Å². The topological polar surface area (TPSA) is 60.4 Å². The Labute approximate surface area is 253 Å². The van der Waals surface area contributed by atoms with Gasteiger partial charge in [0, 0.05) is 16.5 Å². The predicted octanol–water partition coefficient (Wildman–Crippen LogP) is 9.57. The molecule has 0 atom stereocenters. The smallest absolute Gasteiger partial charge is 0.344 e. The van der Waals surface area contributed by atoms with Crippen LogP contribution in [0.5, 0.6) is 0 Å². The van der Waals surface area contributed by atoms with E-state index in [1.54, 1.807) is 6.07 Å². The lowest BCUT2D eigenvalue weighted by Gasteiger charge is -2.13. The molecule has 0 fully saturated rings. The highest BCUT2D eigenvalue weighted by atomic mass is 16.4. The minimum atomic E-state index is -0.477. The third-order valence-corrected chi connectivity index (χ3v) is 7.63. The van der Waals surface area contributed by atoms with E-state index in [4.69, 9.17) is 8.83 Å². The van der Waals surface area contributed by atoms with Gasteiger partial charge in [-0.05, 0) is 34.4 Å². The monoisotopic (exact) mass is 570 g/mol. The summed E-state index contributed by atoms with van der Waals surface area (Å²) < 4.78 is 12.1. The first-order valence-electron chi connectivity index (χ1n) is 14.3. The maximum atomic E-state index is 13.9. The first-order chi connectivity index (χ1) is 21.7. The third-order valence-electron chi connectivity index (χ3n) is 7.63. The summed E-state index contributed by atoms with van der Waals surface area (Å²) in [4.78, 5) is 27.4. The lowest BCUT2D eigenvalue weighted by atomic mass is 9.93. The van der Waals surface area contributed by atoms with Crippen molar-refractivity contribution < 1.29 is 8.83 Å². The van der Waals surface area contributed by atoms with Crippen LogP contribution in [0.4, 0.5) is 0 Å². The molecule has 0 bridgehead atoms. The van der Waals surface area contributed by atoms with Crippen molar-refractivity contribution in [2.45, 2.75) is 0 Å². The molecule has 0 radical (unpaired) electrons. The summed E-state index contributed by atoms with van der Waals surface area (Å²) in [6.45, 7) is 0. The van der Waals surface area contributed by atoms with Gasteiger partial charge in [0.15, 0.2) is 5.58 Å². The summed E-state index contributed by atoms with van der Waals surface area (Å²) >= 11 is 0. The summed E-state index contributed by atoms with van der Waals surface area (Å²) in [6.07, 6.45) is 7.80. The quantitative estimate of drug-likeness (QED) is 0.148. The second-order valence-corrected chi connectivity index (χ2v) is 10.4. The zero-order valence-corrected chi connectivity index (χ0v) is 23.6. The molecule has 0 saturated heterocycles. The molecule has 44 heavy (non-hydrogen) atoms. The fourth-order valence-corrected chi connectivity index (χ4v) is 5.58. The molecule has 4 nitrogen and oxygen atoms in total. The van der Waals surface area contributed by atoms with E-state index in [1.807, 2.05) is 152 Å². The molecule has 0 N–H and O–H groups in total. The van der Waals surface area contributed by atoms with Crippen molar-refractivity contribution in [3.63, 3.8) is 0 Å². The van der Waals surface area contributed by atoms with E-state index in [-0.39, 0.29) is 0 Å². The Morgan fingerprint density at radius 1 is 0.432 bits per heavy atom. The zero-order chi connectivity index (χ0) is 29.9. The van der Waals surface area contributed by atoms with Crippen LogP contribution in [-0.2, 0) is 0 Å². The van der Waals surface area contributed by atoms with E-state index in [0.717, 1.165) is 27.6 Å². The number of fused-ring (bicyclic) bond motifs is 3. The van der Waals surface area contributed by atoms with E-state index in [0.29, 0.717) is 38.8 Å². The Kier molecular flexibility index (Phi) is 7.15. The summed E-state index contributed by atoms with van der Waals surface area (Å²) in [5.41, 5.74) is 5.37. The van der Waals surface area contributed by atoms with Gasteiger partial charge in [-0.3, -0.25) is 0 Å². The van der Waals surface area contributed by atoms with Gasteiger partial charge in [0.05, 0.1) is 16.5 Å². The van der Waals surface area contributed by atoms with E-state index >= 15 is 0 Å². The minimum Gasteiger partial charge on any atom is -0.422 e. The summed E-state index contributed by atoms with van der Waals surface area (Å²) in [7, 11) is 0. The summed E-state index contributed by atoms with van der Waals surface area (Å²) in [6, 6.07) is 42.3. The molecule has 4 heteroatoms. The standard InChI is InChI=1S/C40H26O4/c41-39-36(30-19-11-4-12-20-30)33(24-22-28-15-7-2-8-16-28)37-34(43-39)26-25-32-31(23-21-27-13-5-1-6-14-27)35(40(42)44-38(32)37)29-17-9-3-10-18-29/h1-26H/b23-21+,24-22+. The average Bonchev–Trinajstić information content (AvgIpc) is 3.07. The SMILES string of the molecule is O=c1oc2c(ccc3oc(=O)c(-c4ccccc4)c(/C=C/c4ccccc4)c32)c(/C=C/c2ccccc2)c1-c1ccccc1. The molecule has 5 aromatic carbocycles. The van der Waals surface area contributed by atoms with E-state index < -0.39 is 11.3 Å². The molecule has 0 saturated carbocycles. The Bertz CT molecular complexity index is 2280. The molecule has 210 valence electrons. The van der Waals surface area contributed by atoms with Crippen LogP contribution in [0.3, 0.4) is 0 Å². The fourth-order valence-electron chi connectivity index (χ4n) is 5.58. The third kappa shape index (κ3) is 5.10. The fraction of sp³-hybridized carbons (Fsp3) is 0. The number of rotatable bonds is 6. The van der Waals surface area contributed by atoms with Gasteiger partial charge in [-0.15, -0.1) is 0 Å². The summed E-state index contributed by atoms with van der Waals surface area (Å²) in [5, 5.41) is 1.28. The molecule has 2 aromatic heterocycles. The molecule has 0 aliphatic carbocycles. The molecule has 0 spiro atoms. The highest BCUT2D eigenvalue weighted by Gasteiger charge is 2.22. The van der Waals surface area contributed by atoms with Gasteiger partial charge in [0.1, 0.15) is 5.58 Å². The van der Waals surface area contributed by atoms with Gasteiger partial charge >= 0.3 is 11.3 Å². The summed E-state index contributed by atoms with van der Waals surface area (Å²) in [5.74, 6) is 0. The molecule has 7 aromatic rings. The van der Waals surface area contributed by atoms with Crippen LogP contribution < -0.4 is 11.3 Å². The minimum absolute atomic E-state index is 0.337. The first-order valence-corrected chi connectivity index (χ1v) is 14.3. The van der Waals surface area contributed by atoms with Crippen LogP contribution in [0.15, 0.2) is 152 Å². The lowest BCUT2D eigenvalue weighted by molar-refractivity contribution is 0.554. The van der Waals surface area contributed by atoms with Gasteiger partial charge in [-0.2, -0.15) is 0 Å². The first kappa shape index (κ1) is 26.9. The second kappa shape index (κ2) is 11.7. The van der Waals surface area contributed by atoms with Crippen molar-refractivity contribution in [1.29, 1.82) is 0 Å². The van der Waals surface area contributed by atoms with Crippen LogP contribution in [0.1, 0.15) is 22.3 Å². The molecular weight excluding hydrogens is 544 g/mol. The number of benzene rings is 5. The van der Waals surface area contributed by atoms with E-state index in [9.17, 15) is 9.59 Å². The second-order valence-electron chi connectivity index (χ2n) is 10.4. The molecule has 0 amide bonds. The van der Waals surface area contributed by atoms with Crippen LogP contribution in [0.25, 0.3) is 68.5 Å². The maximum Gasteiger partial charge on any atom is 0.344 e. The molecule has 0 aliphatic rings. The van der Waals surface area contributed by atoms with Gasteiger partial charge in [-0.25, -0.2) is 9.59 Å². The molecular formula is C40H26O4. The zero-order valence-electron chi connectivity index (χ0n) is 23.6. The Hall–Kier alpha value is -6.00. The molecule has 0 unspecified atom stereocenters. The Morgan fingerprint density at radius 2 is 0.886 bits per heavy atom. The number of hydrogen-bond donors (Lipinski definition) is 0. The van der Waals surface area contributed by atoms with Crippen molar-refractivity contribution in [2.75, 3.05) is 0 Å². The van der Waals surface area contributed by atoms with Crippen LogP contribution in [0, 0.1) is 0 Å². The molecule has 0 aliphatic heterocycles. The largest absolute Gasteiger partial charge is 0.422 e. The highest BCUT2D eigenvalue weighted by Crippen LogP contribution is 2.37. The Morgan fingerprint density at radius 3 is 1.43 bits per heavy atom. The van der Waals surface area contributed by atoms with Crippen LogP contribution in [0.2, 0.25) is 0 Å². The van der Waals surface area contributed by atoms with E-state index in [1.165, 1.54) is 0 Å². The van der Waals surface area contributed by atoms with Gasteiger partial charge in [0.2, 0.25) is 0 Å². The van der Waals surface area contributed by atoms with Crippen molar-refractivity contribution in [3.8, 4) is 22.3 Å². The van der Waals surface area contributed by atoms with Crippen LogP contribution in [-0.4, -0.2) is 0 Å². The predicted molar refractivity (Wildman–Crippen MR) is 180 cm³/mol. The maximum absolute atomic E-state index is 13.9. The van der Waals surface area contributed by atoms with Crippen molar-refractivity contribution >= 4 is 46.2 Å². The molecule has 7 rings (SSSR count). The van der Waals surface area contributed by atoms with Crippen molar-refractivity contribution in [2.24, 2.45) is 0 Å². The van der Waals surface area contributed by atoms with Crippen LogP contribution >= 0.6 is 0 Å². The average molecular weight is 571 g/mol. The van der Waals surface area contributed by atoms with Crippen molar-refractivity contribution in [3.05, 3.63) is 177 Å². The van der Waals surface area contributed by atoms with Gasteiger partial charge < -0.3 is 8.83 Å². The van der Waals surface area contributed by atoms with Gasteiger partial charge in [-0.1, -0.05) is 146 Å². The number of hydrogen-bond acceptors (Lipinski definition) is 4. The Balaban J connectivity index is 1.60. The highest BCUT2D eigenvalue weighted by molar-refractivity contribution is 6.12. The van der Waals surface area contributed by atoms with Gasteiger partial charge in [0.25, 0.3) is 0 Å². The normalized spacial score (nSPS) is 11.6.